The van der Waals surface area contributed by atoms with Crippen LogP contribution in [0.2, 0.25) is 5.02 Å². The van der Waals surface area contributed by atoms with Crippen LogP contribution in [0.1, 0.15) is 13.8 Å². The zero-order chi connectivity index (χ0) is 21.1. The van der Waals surface area contributed by atoms with E-state index in [1.807, 2.05) is 80.6 Å². The fraction of sp³-hybridized carbons (Fsp3) is 0.167. The number of nitrogens with one attached hydrogen (secondary N) is 1. The summed E-state index contributed by atoms with van der Waals surface area (Å²) in [5.74, 6) is 1.94. The molecule has 0 saturated carbocycles. The first-order chi connectivity index (χ1) is 14.4. The molecule has 4 rings (SSSR count). The van der Waals surface area contributed by atoms with Gasteiger partial charge >= 0.3 is 0 Å². The fourth-order valence-corrected chi connectivity index (χ4v) is 3.18. The van der Waals surface area contributed by atoms with Crippen LogP contribution >= 0.6 is 11.6 Å². The van der Waals surface area contributed by atoms with E-state index >= 15 is 0 Å². The van der Waals surface area contributed by atoms with Gasteiger partial charge in [0.1, 0.15) is 17.2 Å². The minimum atomic E-state index is -0.523. The predicted molar refractivity (Wildman–Crippen MR) is 123 cm³/mol. The highest BCUT2D eigenvalue weighted by molar-refractivity contribution is 6.32. The van der Waals surface area contributed by atoms with Crippen LogP contribution in [0.25, 0.3) is 22.3 Å². The first-order valence-electron chi connectivity index (χ1n) is 9.73. The maximum absolute atomic E-state index is 6.34. The Hall–Kier alpha value is -3.15. The number of aromatic nitrogens is 2. The highest BCUT2D eigenvalue weighted by atomic mass is 35.5. The molecule has 0 unspecified atom stereocenters. The van der Waals surface area contributed by atoms with Crippen molar-refractivity contribution < 1.29 is 4.74 Å². The van der Waals surface area contributed by atoms with Gasteiger partial charge in [-0.3, -0.25) is 0 Å². The van der Waals surface area contributed by atoms with Gasteiger partial charge in [-0.05, 0) is 38.1 Å². The number of benzene rings is 3. The molecule has 3 aromatic carbocycles. The molecule has 3 N–H and O–H groups in total. The molecule has 0 bridgehead atoms. The highest BCUT2D eigenvalue weighted by Crippen LogP contribution is 2.33. The Morgan fingerprint density at radius 3 is 2.47 bits per heavy atom. The molecule has 1 heterocycles. The van der Waals surface area contributed by atoms with Crippen LogP contribution in [0.3, 0.4) is 0 Å². The van der Waals surface area contributed by atoms with Crippen molar-refractivity contribution in [1.82, 2.24) is 9.97 Å². The molecule has 30 heavy (non-hydrogen) atoms. The van der Waals surface area contributed by atoms with Crippen LogP contribution in [0, 0.1) is 0 Å². The zero-order valence-electron chi connectivity index (χ0n) is 16.9. The zero-order valence-corrected chi connectivity index (χ0v) is 17.6. The van der Waals surface area contributed by atoms with E-state index in [0.29, 0.717) is 29.0 Å². The SMILES string of the molecule is CC(C)(CN)Oc1cc(Nc2nc(-c3ccccc3)nc3ccccc23)ccc1Cl. The molecule has 152 valence electrons. The topological polar surface area (TPSA) is 73.1 Å². The van der Waals surface area contributed by atoms with E-state index in [9.17, 15) is 0 Å². The largest absolute Gasteiger partial charge is 0.485 e. The number of nitrogens with zero attached hydrogens (tertiary/aromatic N) is 2. The van der Waals surface area contributed by atoms with Crippen molar-refractivity contribution in [3.63, 3.8) is 0 Å². The maximum atomic E-state index is 6.34. The molecule has 0 fully saturated rings. The molecule has 0 amide bonds. The van der Waals surface area contributed by atoms with Crippen molar-refractivity contribution in [2.75, 3.05) is 11.9 Å². The minimum absolute atomic E-state index is 0.373. The molecule has 6 heteroatoms. The number of nitrogens with two attached hydrogens (primary N) is 1. The van der Waals surface area contributed by atoms with Crippen LogP contribution in [0.15, 0.2) is 72.8 Å². The maximum Gasteiger partial charge on any atom is 0.162 e. The second-order valence-electron chi connectivity index (χ2n) is 7.62. The van der Waals surface area contributed by atoms with Gasteiger partial charge in [0.15, 0.2) is 5.82 Å². The van der Waals surface area contributed by atoms with Crippen molar-refractivity contribution in [3.05, 3.63) is 77.8 Å². The van der Waals surface area contributed by atoms with E-state index in [1.165, 1.54) is 0 Å². The molecule has 0 aliphatic rings. The van der Waals surface area contributed by atoms with Crippen molar-refractivity contribution in [2.24, 2.45) is 5.73 Å². The van der Waals surface area contributed by atoms with E-state index in [4.69, 9.17) is 32.0 Å². The summed E-state index contributed by atoms with van der Waals surface area (Å²) in [4.78, 5) is 9.52. The summed E-state index contributed by atoms with van der Waals surface area (Å²) in [7, 11) is 0. The van der Waals surface area contributed by atoms with Gasteiger partial charge in [-0.2, -0.15) is 0 Å². The van der Waals surface area contributed by atoms with Gasteiger partial charge in [-0.25, -0.2) is 9.97 Å². The van der Waals surface area contributed by atoms with Gasteiger partial charge in [0.05, 0.1) is 10.5 Å². The quantitative estimate of drug-likeness (QED) is 0.413. The van der Waals surface area contributed by atoms with Gasteiger partial charge in [-0.15, -0.1) is 0 Å². The molecule has 0 spiro atoms. The van der Waals surface area contributed by atoms with E-state index in [-0.39, 0.29) is 0 Å². The molecular formula is C24H23ClN4O. The molecule has 0 aliphatic heterocycles. The van der Waals surface area contributed by atoms with E-state index in [0.717, 1.165) is 22.2 Å². The highest BCUT2D eigenvalue weighted by Gasteiger charge is 2.19. The van der Waals surface area contributed by atoms with Gasteiger partial charge in [0, 0.05) is 29.2 Å². The molecule has 1 aromatic heterocycles. The molecule has 0 aliphatic carbocycles. The number of rotatable bonds is 6. The Morgan fingerprint density at radius 1 is 0.967 bits per heavy atom. The number of fused-ring (bicyclic) bond motifs is 1. The summed E-state index contributed by atoms with van der Waals surface area (Å²) in [6.45, 7) is 4.22. The summed E-state index contributed by atoms with van der Waals surface area (Å²) in [6.07, 6.45) is 0. The average Bonchev–Trinajstić information content (AvgIpc) is 2.76. The third-order valence-corrected chi connectivity index (χ3v) is 5.02. The average molecular weight is 419 g/mol. The monoisotopic (exact) mass is 418 g/mol. The first-order valence-corrected chi connectivity index (χ1v) is 10.1. The van der Waals surface area contributed by atoms with Gasteiger partial charge in [-0.1, -0.05) is 54.1 Å². The number of hydrogen-bond acceptors (Lipinski definition) is 5. The number of anilines is 2. The lowest BCUT2D eigenvalue weighted by Crippen LogP contribution is -2.37. The van der Waals surface area contributed by atoms with Crippen molar-refractivity contribution in [1.29, 1.82) is 0 Å². The van der Waals surface area contributed by atoms with Crippen molar-refractivity contribution in [3.8, 4) is 17.1 Å². The molecule has 0 saturated heterocycles. The van der Waals surface area contributed by atoms with Crippen LogP contribution in [0.4, 0.5) is 11.5 Å². The Bertz CT molecular complexity index is 1180. The Balaban J connectivity index is 1.75. The Morgan fingerprint density at radius 2 is 1.70 bits per heavy atom. The predicted octanol–water partition coefficient (Wildman–Crippen LogP) is 5.81. The summed E-state index contributed by atoms with van der Waals surface area (Å²) < 4.78 is 6.01. The summed E-state index contributed by atoms with van der Waals surface area (Å²) in [5.41, 5.74) is 7.91. The molecule has 0 atom stereocenters. The second kappa shape index (κ2) is 8.30. The summed E-state index contributed by atoms with van der Waals surface area (Å²) in [6, 6.07) is 23.4. The number of hydrogen-bond donors (Lipinski definition) is 2. The smallest absolute Gasteiger partial charge is 0.162 e. The van der Waals surface area contributed by atoms with E-state index in [2.05, 4.69) is 5.32 Å². The van der Waals surface area contributed by atoms with Gasteiger partial charge < -0.3 is 15.8 Å². The summed E-state index contributed by atoms with van der Waals surface area (Å²) in [5, 5.41) is 4.86. The summed E-state index contributed by atoms with van der Waals surface area (Å²) >= 11 is 6.34. The minimum Gasteiger partial charge on any atom is -0.485 e. The molecule has 0 radical (unpaired) electrons. The molecule has 5 nitrogen and oxygen atoms in total. The number of para-hydroxylation sites is 1. The van der Waals surface area contributed by atoms with Crippen molar-refractivity contribution in [2.45, 2.75) is 19.4 Å². The Kier molecular flexibility index (Phi) is 5.57. The van der Waals surface area contributed by atoms with Gasteiger partial charge in [0.25, 0.3) is 0 Å². The first kappa shape index (κ1) is 20.1. The number of halogens is 1. The lowest BCUT2D eigenvalue weighted by Gasteiger charge is -2.25. The lowest BCUT2D eigenvalue weighted by atomic mass is 10.1. The molecule has 4 aromatic rings. The third-order valence-electron chi connectivity index (χ3n) is 4.71. The second-order valence-corrected chi connectivity index (χ2v) is 8.02. The molecular weight excluding hydrogens is 396 g/mol. The number of ether oxygens (including phenoxy) is 1. The standard InChI is InChI=1S/C24H23ClN4O/c1-24(2,15-26)30-21-14-17(12-13-19(21)25)27-23-18-10-6-7-11-20(18)28-22(29-23)16-8-4-3-5-9-16/h3-14H,15,26H2,1-2H3,(H,27,28,29). The van der Waals surface area contributed by atoms with E-state index in [1.54, 1.807) is 6.07 Å². The Labute approximate surface area is 180 Å². The lowest BCUT2D eigenvalue weighted by molar-refractivity contribution is 0.119. The van der Waals surface area contributed by atoms with Crippen LogP contribution < -0.4 is 15.8 Å². The van der Waals surface area contributed by atoms with Crippen LogP contribution in [-0.2, 0) is 0 Å². The van der Waals surface area contributed by atoms with Crippen LogP contribution in [-0.4, -0.2) is 22.1 Å². The third kappa shape index (κ3) is 4.37. The normalized spacial score (nSPS) is 11.5. The van der Waals surface area contributed by atoms with Crippen molar-refractivity contribution >= 4 is 34.0 Å². The van der Waals surface area contributed by atoms with Crippen LogP contribution in [0.5, 0.6) is 5.75 Å². The van der Waals surface area contributed by atoms with E-state index < -0.39 is 5.60 Å². The fourth-order valence-electron chi connectivity index (χ4n) is 3.02. The van der Waals surface area contributed by atoms with Gasteiger partial charge in [0.2, 0.25) is 0 Å².